The van der Waals surface area contributed by atoms with Crippen LogP contribution in [0.5, 0.6) is 0 Å². The van der Waals surface area contributed by atoms with Crippen molar-refractivity contribution >= 4 is 0 Å². The van der Waals surface area contributed by atoms with E-state index in [2.05, 4.69) is 38.0 Å². The van der Waals surface area contributed by atoms with Gasteiger partial charge in [-0.3, -0.25) is 0 Å². The Balaban J connectivity index is 1.84. The van der Waals surface area contributed by atoms with E-state index < -0.39 is 0 Å². The molecule has 124 valence electrons. The van der Waals surface area contributed by atoms with Crippen molar-refractivity contribution in [3.63, 3.8) is 0 Å². The van der Waals surface area contributed by atoms with Crippen molar-refractivity contribution in [2.75, 3.05) is 20.1 Å². The third kappa shape index (κ3) is 5.25. The van der Waals surface area contributed by atoms with Gasteiger partial charge in [-0.15, -0.1) is 0 Å². The molecule has 1 N–H and O–H groups in total. The van der Waals surface area contributed by atoms with Crippen molar-refractivity contribution in [3.05, 3.63) is 0 Å². The van der Waals surface area contributed by atoms with Gasteiger partial charge in [0.25, 0.3) is 0 Å². The lowest BCUT2D eigenvalue weighted by Gasteiger charge is -2.41. The summed E-state index contributed by atoms with van der Waals surface area (Å²) in [5, 5.41) is 3.80. The fourth-order valence-corrected chi connectivity index (χ4v) is 4.46. The Morgan fingerprint density at radius 3 is 2.24 bits per heavy atom. The van der Waals surface area contributed by atoms with E-state index in [1.165, 1.54) is 64.3 Å². The Bertz CT molecular complexity index is 284. The van der Waals surface area contributed by atoms with E-state index in [-0.39, 0.29) is 0 Å². The van der Waals surface area contributed by atoms with Crippen LogP contribution in [-0.2, 0) is 0 Å². The zero-order valence-electron chi connectivity index (χ0n) is 15.0. The molecule has 21 heavy (non-hydrogen) atoms. The molecule has 2 nitrogen and oxygen atoms in total. The molecule has 2 aliphatic carbocycles. The number of nitrogens with zero attached hydrogens (tertiary/aromatic N) is 1. The molecule has 0 amide bonds. The molecule has 2 fully saturated rings. The van der Waals surface area contributed by atoms with Crippen molar-refractivity contribution in [3.8, 4) is 0 Å². The van der Waals surface area contributed by atoms with E-state index in [4.69, 9.17) is 0 Å². The molecule has 2 heteroatoms. The summed E-state index contributed by atoms with van der Waals surface area (Å²) in [4.78, 5) is 2.68. The van der Waals surface area contributed by atoms with Crippen LogP contribution in [0.1, 0.15) is 78.6 Å². The van der Waals surface area contributed by atoms with Gasteiger partial charge in [0.1, 0.15) is 0 Å². The molecule has 0 aromatic heterocycles. The third-order valence-corrected chi connectivity index (χ3v) is 6.10. The third-order valence-electron chi connectivity index (χ3n) is 6.10. The monoisotopic (exact) mass is 294 g/mol. The van der Waals surface area contributed by atoms with Gasteiger partial charge in [0.05, 0.1) is 0 Å². The zero-order chi connectivity index (χ0) is 15.3. The maximum atomic E-state index is 3.80. The largest absolute Gasteiger partial charge is 0.313 e. The summed E-state index contributed by atoms with van der Waals surface area (Å²) >= 11 is 0. The first-order valence-electron chi connectivity index (χ1n) is 9.45. The van der Waals surface area contributed by atoms with E-state index in [1.807, 2.05) is 0 Å². The van der Waals surface area contributed by atoms with E-state index in [1.54, 1.807) is 0 Å². The van der Waals surface area contributed by atoms with Crippen molar-refractivity contribution in [1.29, 1.82) is 0 Å². The standard InChI is InChI=1S/C19H38N2/c1-5-20-18(16-9-7-6-8-10-16)15-21(4)17-11-13-19(2,3)14-12-17/h16-18,20H,5-15H2,1-4H3. The quantitative estimate of drug-likeness (QED) is 0.779. The van der Waals surface area contributed by atoms with Crippen molar-refractivity contribution in [2.24, 2.45) is 11.3 Å². The van der Waals surface area contributed by atoms with Crippen LogP contribution < -0.4 is 5.32 Å². The minimum atomic E-state index is 0.585. The summed E-state index contributed by atoms with van der Waals surface area (Å²) in [5.74, 6) is 0.918. The van der Waals surface area contributed by atoms with Gasteiger partial charge < -0.3 is 10.2 Å². The van der Waals surface area contributed by atoms with Crippen molar-refractivity contribution in [1.82, 2.24) is 10.2 Å². The molecule has 1 atom stereocenters. The maximum absolute atomic E-state index is 3.80. The summed E-state index contributed by atoms with van der Waals surface area (Å²) in [5.41, 5.74) is 0.585. The molecule has 1 unspecified atom stereocenters. The highest BCUT2D eigenvalue weighted by atomic mass is 15.2. The second-order valence-electron chi connectivity index (χ2n) is 8.40. The Morgan fingerprint density at radius 1 is 1.05 bits per heavy atom. The molecule has 0 aliphatic heterocycles. The molecule has 0 spiro atoms. The van der Waals surface area contributed by atoms with Gasteiger partial charge in [-0.1, -0.05) is 40.0 Å². The molecule has 0 saturated heterocycles. The zero-order valence-corrected chi connectivity index (χ0v) is 15.0. The first-order valence-corrected chi connectivity index (χ1v) is 9.45. The normalized spacial score (nSPS) is 26.1. The van der Waals surface area contributed by atoms with Gasteiger partial charge in [0.15, 0.2) is 0 Å². The number of hydrogen-bond donors (Lipinski definition) is 1. The second kappa shape index (κ2) is 7.97. The lowest BCUT2D eigenvalue weighted by molar-refractivity contribution is 0.106. The van der Waals surface area contributed by atoms with Gasteiger partial charge in [-0.2, -0.15) is 0 Å². The molecule has 0 bridgehead atoms. The molecule has 0 radical (unpaired) electrons. The highest BCUT2D eigenvalue weighted by molar-refractivity contribution is 4.87. The highest BCUT2D eigenvalue weighted by Gasteiger charge is 2.31. The highest BCUT2D eigenvalue weighted by Crippen LogP contribution is 2.37. The number of nitrogens with one attached hydrogen (secondary N) is 1. The summed E-state index contributed by atoms with van der Waals surface area (Å²) in [7, 11) is 2.37. The minimum Gasteiger partial charge on any atom is -0.313 e. The van der Waals surface area contributed by atoms with E-state index in [9.17, 15) is 0 Å². The molecular weight excluding hydrogens is 256 g/mol. The van der Waals surface area contributed by atoms with Crippen LogP contribution in [0.15, 0.2) is 0 Å². The number of likely N-dealkylation sites (N-methyl/N-ethyl adjacent to an activating group) is 2. The summed E-state index contributed by atoms with van der Waals surface area (Å²) < 4.78 is 0. The van der Waals surface area contributed by atoms with E-state index in [0.29, 0.717) is 5.41 Å². The predicted molar refractivity (Wildman–Crippen MR) is 92.7 cm³/mol. The Morgan fingerprint density at radius 2 is 1.67 bits per heavy atom. The molecule has 0 aromatic carbocycles. The summed E-state index contributed by atoms with van der Waals surface area (Å²) in [6.45, 7) is 9.51. The lowest BCUT2D eigenvalue weighted by atomic mass is 9.75. The van der Waals surface area contributed by atoms with Crippen molar-refractivity contribution < 1.29 is 0 Å². The molecule has 0 aromatic rings. The summed E-state index contributed by atoms with van der Waals surface area (Å²) in [6, 6.07) is 1.54. The van der Waals surface area contributed by atoms with Gasteiger partial charge in [0.2, 0.25) is 0 Å². The average Bonchev–Trinajstić information content (AvgIpc) is 2.47. The summed E-state index contributed by atoms with van der Waals surface area (Å²) in [6.07, 6.45) is 12.9. The van der Waals surface area contributed by atoms with Gasteiger partial charge >= 0.3 is 0 Å². The lowest BCUT2D eigenvalue weighted by Crippen LogP contribution is -2.48. The van der Waals surface area contributed by atoms with Gasteiger partial charge in [-0.25, -0.2) is 0 Å². The smallest absolute Gasteiger partial charge is 0.0223 e. The molecule has 2 rings (SSSR count). The van der Waals surface area contributed by atoms with Crippen LogP contribution in [-0.4, -0.2) is 37.1 Å². The van der Waals surface area contributed by atoms with E-state index >= 15 is 0 Å². The molecule has 2 aliphatic rings. The Kier molecular flexibility index (Phi) is 6.55. The topological polar surface area (TPSA) is 15.3 Å². The first-order chi connectivity index (χ1) is 10.0. The van der Waals surface area contributed by atoms with E-state index in [0.717, 1.165) is 24.5 Å². The van der Waals surface area contributed by atoms with Gasteiger partial charge in [0, 0.05) is 18.6 Å². The van der Waals surface area contributed by atoms with Crippen LogP contribution in [0, 0.1) is 11.3 Å². The Labute approximate surface area is 133 Å². The fourth-order valence-electron chi connectivity index (χ4n) is 4.46. The fraction of sp³-hybridized carbons (Fsp3) is 1.00. The molecular formula is C19H38N2. The van der Waals surface area contributed by atoms with Crippen molar-refractivity contribution in [2.45, 2.75) is 90.6 Å². The first kappa shape index (κ1) is 17.3. The Hall–Kier alpha value is -0.0800. The van der Waals surface area contributed by atoms with Crippen LogP contribution >= 0.6 is 0 Å². The predicted octanol–water partition coefficient (Wildman–Crippen LogP) is 4.45. The second-order valence-corrected chi connectivity index (χ2v) is 8.40. The molecule has 0 heterocycles. The minimum absolute atomic E-state index is 0.585. The number of rotatable bonds is 6. The van der Waals surface area contributed by atoms with Crippen LogP contribution in [0.3, 0.4) is 0 Å². The SMILES string of the molecule is CCNC(CN(C)C1CCC(C)(C)CC1)C1CCCCC1. The van der Waals surface area contributed by atoms with Gasteiger partial charge in [-0.05, 0) is 63.5 Å². The van der Waals surface area contributed by atoms with Crippen LogP contribution in [0.25, 0.3) is 0 Å². The molecule has 2 saturated carbocycles. The average molecular weight is 295 g/mol. The maximum Gasteiger partial charge on any atom is 0.0223 e. The van der Waals surface area contributed by atoms with Crippen LogP contribution in [0.2, 0.25) is 0 Å². The van der Waals surface area contributed by atoms with Crippen LogP contribution in [0.4, 0.5) is 0 Å². The number of hydrogen-bond acceptors (Lipinski definition) is 2.